The van der Waals surface area contributed by atoms with Crippen molar-refractivity contribution in [1.29, 1.82) is 0 Å². The van der Waals surface area contributed by atoms with Crippen LogP contribution in [0.4, 0.5) is 11.4 Å². The first-order valence-electron chi connectivity index (χ1n) is 7.16. The third-order valence-corrected chi connectivity index (χ3v) is 3.40. The minimum atomic E-state index is 0.760. The monoisotopic (exact) mass is 272 g/mol. The van der Waals surface area contributed by atoms with Crippen molar-refractivity contribution in [3.63, 3.8) is 0 Å². The number of pyridine rings is 1. The van der Waals surface area contributed by atoms with Gasteiger partial charge in [0.25, 0.3) is 0 Å². The molecule has 0 saturated heterocycles. The van der Waals surface area contributed by atoms with Gasteiger partial charge in [0.1, 0.15) is 0 Å². The molecule has 2 aromatic rings. The van der Waals surface area contributed by atoms with E-state index in [9.17, 15) is 0 Å². The van der Waals surface area contributed by atoms with Gasteiger partial charge in [0.05, 0.1) is 23.1 Å². The summed E-state index contributed by atoms with van der Waals surface area (Å²) >= 11 is 0. The van der Waals surface area contributed by atoms with Crippen LogP contribution in [-0.2, 0) is 0 Å². The second kappa shape index (κ2) is 6.57. The molecule has 2 rings (SSSR count). The predicted molar refractivity (Wildman–Crippen MR) is 87.2 cm³/mol. The Morgan fingerprint density at radius 2 is 1.85 bits per heavy atom. The van der Waals surface area contributed by atoms with E-state index in [2.05, 4.69) is 41.9 Å². The Morgan fingerprint density at radius 3 is 2.55 bits per heavy atom. The molecule has 0 saturated carbocycles. The summed E-state index contributed by atoms with van der Waals surface area (Å²) in [7, 11) is 4.19. The Kier molecular flexibility index (Phi) is 4.79. The van der Waals surface area contributed by atoms with Crippen LogP contribution in [0.25, 0.3) is 10.9 Å². The lowest BCUT2D eigenvalue weighted by molar-refractivity contribution is 0.413. The van der Waals surface area contributed by atoms with Gasteiger partial charge >= 0.3 is 0 Å². The number of aromatic nitrogens is 1. The average Bonchev–Trinajstić information content (AvgIpc) is 2.44. The van der Waals surface area contributed by atoms with Gasteiger partial charge in [-0.3, -0.25) is 4.98 Å². The molecule has 2 N–H and O–H groups in total. The topological polar surface area (TPSA) is 45.4 Å². The second-order valence-electron chi connectivity index (χ2n) is 5.37. The van der Waals surface area contributed by atoms with E-state index >= 15 is 0 Å². The number of nitrogen functional groups attached to an aromatic ring is 1. The van der Waals surface area contributed by atoms with Crippen molar-refractivity contribution in [3.8, 4) is 0 Å². The maximum absolute atomic E-state index is 6.21. The standard InChI is InChI=1S/C16H24N4/c1-4-9-20(11-10-19(2)3)16-13-7-5-6-8-15(13)18-12-14(16)17/h5-8,12H,4,9-11,17H2,1-3H3. The molecule has 0 bridgehead atoms. The van der Waals surface area contributed by atoms with Gasteiger partial charge in [-0.2, -0.15) is 0 Å². The van der Waals surface area contributed by atoms with E-state index in [0.717, 1.165) is 48.3 Å². The van der Waals surface area contributed by atoms with Gasteiger partial charge in [0.15, 0.2) is 0 Å². The van der Waals surface area contributed by atoms with Gasteiger partial charge < -0.3 is 15.5 Å². The van der Waals surface area contributed by atoms with Crippen molar-refractivity contribution in [3.05, 3.63) is 30.5 Å². The van der Waals surface area contributed by atoms with E-state index in [0.29, 0.717) is 0 Å². The number of nitrogens with two attached hydrogens (primary N) is 1. The Labute approximate surface area is 121 Å². The molecular weight excluding hydrogens is 248 g/mol. The van der Waals surface area contributed by atoms with Crippen LogP contribution < -0.4 is 10.6 Å². The molecule has 1 heterocycles. The number of nitrogens with zero attached hydrogens (tertiary/aromatic N) is 3. The molecule has 0 aliphatic carbocycles. The molecule has 0 atom stereocenters. The van der Waals surface area contributed by atoms with Crippen LogP contribution >= 0.6 is 0 Å². The number of rotatable bonds is 6. The van der Waals surface area contributed by atoms with Gasteiger partial charge in [0, 0.05) is 25.0 Å². The molecule has 0 fully saturated rings. The number of para-hydroxylation sites is 1. The molecule has 1 aromatic carbocycles. The van der Waals surface area contributed by atoms with Crippen LogP contribution in [-0.4, -0.2) is 43.6 Å². The van der Waals surface area contributed by atoms with Crippen LogP contribution in [0.2, 0.25) is 0 Å². The van der Waals surface area contributed by atoms with Gasteiger partial charge in [-0.15, -0.1) is 0 Å². The molecule has 0 amide bonds. The van der Waals surface area contributed by atoms with E-state index in [4.69, 9.17) is 5.73 Å². The zero-order valence-electron chi connectivity index (χ0n) is 12.6. The van der Waals surface area contributed by atoms with Crippen LogP contribution in [0, 0.1) is 0 Å². The van der Waals surface area contributed by atoms with Crippen molar-refractivity contribution < 1.29 is 0 Å². The summed E-state index contributed by atoms with van der Waals surface area (Å²) in [6.07, 6.45) is 2.87. The fourth-order valence-electron chi connectivity index (χ4n) is 2.42. The highest BCUT2D eigenvalue weighted by Gasteiger charge is 2.13. The minimum Gasteiger partial charge on any atom is -0.396 e. The summed E-state index contributed by atoms with van der Waals surface area (Å²) < 4.78 is 0. The van der Waals surface area contributed by atoms with E-state index < -0.39 is 0 Å². The van der Waals surface area contributed by atoms with Crippen LogP contribution in [0.5, 0.6) is 0 Å². The molecule has 108 valence electrons. The molecule has 0 unspecified atom stereocenters. The minimum absolute atomic E-state index is 0.760. The quantitative estimate of drug-likeness (QED) is 0.878. The summed E-state index contributed by atoms with van der Waals surface area (Å²) in [5.74, 6) is 0. The van der Waals surface area contributed by atoms with Crippen molar-refractivity contribution in [2.45, 2.75) is 13.3 Å². The highest BCUT2D eigenvalue weighted by molar-refractivity contribution is 5.97. The number of hydrogen-bond acceptors (Lipinski definition) is 4. The fourth-order valence-corrected chi connectivity index (χ4v) is 2.42. The highest BCUT2D eigenvalue weighted by Crippen LogP contribution is 2.31. The largest absolute Gasteiger partial charge is 0.396 e. The zero-order chi connectivity index (χ0) is 14.5. The number of fused-ring (bicyclic) bond motifs is 1. The van der Waals surface area contributed by atoms with Gasteiger partial charge in [-0.25, -0.2) is 0 Å². The lowest BCUT2D eigenvalue weighted by Crippen LogP contribution is -2.33. The normalized spacial score (nSPS) is 11.2. The number of anilines is 2. The fraction of sp³-hybridized carbons (Fsp3) is 0.438. The number of likely N-dealkylation sites (N-methyl/N-ethyl adjacent to an activating group) is 1. The van der Waals surface area contributed by atoms with Crippen molar-refractivity contribution in [2.75, 3.05) is 44.4 Å². The molecule has 0 radical (unpaired) electrons. The summed E-state index contributed by atoms with van der Waals surface area (Å²) in [4.78, 5) is 8.99. The number of hydrogen-bond donors (Lipinski definition) is 1. The van der Waals surface area contributed by atoms with Crippen molar-refractivity contribution >= 4 is 22.3 Å². The SMILES string of the molecule is CCCN(CCN(C)C)c1c(N)cnc2ccccc12. The van der Waals surface area contributed by atoms with E-state index in [1.807, 2.05) is 18.2 Å². The first-order valence-corrected chi connectivity index (χ1v) is 7.16. The van der Waals surface area contributed by atoms with Crippen LogP contribution in [0.3, 0.4) is 0 Å². The number of benzene rings is 1. The second-order valence-corrected chi connectivity index (χ2v) is 5.37. The van der Waals surface area contributed by atoms with Crippen molar-refractivity contribution in [1.82, 2.24) is 9.88 Å². The molecule has 0 spiro atoms. The maximum Gasteiger partial charge on any atom is 0.0745 e. The first-order chi connectivity index (χ1) is 9.63. The molecule has 0 aliphatic rings. The smallest absolute Gasteiger partial charge is 0.0745 e. The average molecular weight is 272 g/mol. The summed E-state index contributed by atoms with van der Waals surface area (Å²) in [5.41, 5.74) is 9.09. The summed E-state index contributed by atoms with van der Waals surface area (Å²) in [6, 6.07) is 8.20. The summed E-state index contributed by atoms with van der Waals surface area (Å²) in [6.45, 7) is 5.18. The van der Waals surface area contributed by atoms with E-state index in [-0.39, 0.29) is 0 Å². The zero-order valence-corrected chi connectivity index (χ0v) is 12.6. The lowest BCUT2D eigenvalue weighted by atomic mass is 10.1. The van der Waals surface area contributed by atoms with Crippen molar-refractivity contribution in [2.24, 2.45) is 0 Å². The van der Waals surface area contributed by atoms with Gasteiger partial charge in [-0.1, -0.05) is 25.1 Å². The van der Waals surface area contributed by atoms with E-state index in [1.165, 1.54) is 0 Å². The van der Waals surface area contributed by atoms with Crippen LogP contribution in [0.15, 0.2) is 30.5 Å². The maximum atomic E-state index is 6.21. The Morgan fingerprint density at radius 1 is 1.10 bits per heavy atom. The Hall–Kier alpha value is -1.81. The molecular formula is C16H24N4. The van der Waals surface area contributed by atoms with Crippen LogP contribution in [0.1, 0.15) is 13.3 Å². The first kappa shape index (κ1) is 14.6. The molecule has 4 nitrogen and oxygen atoms in total. The molecule has 4 heteroatoms. The third kappa shape index (κ3) is 3.20. The Bertz CT molecular complexity index is 565. The molecule has 1 aromatic heterocycles. The molecule has 0 aliphatic heterocycles. The third-order valence-electron chi connectivity index (χ3n) is 3.40. The summed E-state index contributed by atoms with van der Waals surface area (Å²) in [5, 5.41) is 1.14. The van der Waals surface area contributed by atoms with Gasteiger partial charge in [0.2, 0.25) is 0 Å². The van der Waals surface area contributed by atoms with Gasteiger partial charge in [-0.05, 0) is 26.6 Å². The predicted octanol–water partition coefficient (Wildman–Crippen LogP) is 2.60. The lowest BCUT2D eigenvalue weighted by Gasteiger charge is -2.28. The van der Waals surface area contributed by atoms with E-state index in [1.54, 1.807) is 6.20 Å². The Balaban J connectivity index is 2.43. The highest BCUT2D eigenvalue weighted by atomic mass is 15.2. The molecule has 20 heavy (non-hydrogen) atoms.